The topological polar surface area (TPSA) is 46.2 Å². The molecule has 2 unspecified atom stereocenters. The van der Waals surface area contributed by atoms with Crippen LogP contribution in [0.15, 0.2) is 36.4 Å². The fourth-order valence-electron chi connectivity index (χ4n) is 2.64. The van der Waals surface area contributed by atoms with Gasteiger partial charge in [-0.15, -0.1) is 0 Å². The lowest BCUT2D eigenvalue weighted by Crippen LogP contribution is -2.22. The molecule has 0 saturated carbocycles. The molecule has 112 valence electrons. The molecule has 0 aliphatic carbocycles. The summed E-state index contributed by atoms with van der Waals surface area (Å²) in [6, 6.07) is 10.2. The Morgan fingerprint density at radius 3 is 2.52 bits per heavy atom. The van der Waals surface area contributed by atoms with E-state index in [9.17, 15) is 9.50 Å². The molecule has 3 N–H and O–H groups in total. The second-order valence-electron chi connectivity index (χ2n) is 5.28. The Morgan fingerprint density at radius 1 is 1.24 bits per heavy atom. The van der Waals surface area contributed by atoms with Crippen LogP contribution >= 0.6 is 11.6 Å². The fourth-order valence-corrected chi connectivity index (χ4v) is 2.95. The van der Waals surface area contributed by atoms with Crippen molar-refractivity contribution < 1.29 is 9.50 Å². The number of aliphatic hydroxyl groups excluding tert-OH is 1. The van der Waals surface area contributed by atoms with E-state index in [-0.39, 0.29) is 17.1 Å². The lowest BCUT2D eigenvalue weighted by Gasteiger charge is -2.25. The normalized spacial score (nSPS) is 14.0. The monoisotopic (exact) mass is 307 g/mol. The Hall–Kier alpha value is -1.42. The van der Waals surface area contributed by atoms with Crippen molar-refractivity contribution in [3.05, 3.63) is 69.5 Å². The van der Waals surface area contributed by atoms with Crippen LogP contribution in [-0.2, 0) is 0 Å². The Bertz CT molecular complexity index is 624. The van der Waals surface area contributed by atoms with Crippen molar-refractivity contribution in [2.45, 2.75) is 25.9 Å². The van der Waals surface area contributed by atoms with Gasteiger partial charge >= 0.3 is 0 Å². The summed E-state index contributed by atoms with van der Waals surface area (Å²) in [5, 5.41) is 10.9. The minimum atomic E-state index is -0.898. The molecule has 0 aliphatic rings. The van der Waals surface area contributed by atoms with Gasteiger partial charge in [0.2, 0.25) is 0 Å². The quantitative estimate of drug-likeness (QED) is 0.900. The Morgan fingerprint density at radius 2 is 1.95 bits per heavy atom. The van der Waals surface area contributed by atoms with Crippen LogP contribution in [-0.4, -0.2) is 11.7 Å². The first-order valence-corrected chi connectivity index (χ1v) is 7.22. The number of rotatable bonds is 4. The highest BCUT2D eigenvalue weighted by Gasteiger charge is 2.27. The minimum absolute atomic E-state index is 0.106. The summed E-state index contributed by atoms with van der Waals surface area (Å²) in [5.74, 6) is -1.03. The fraction of sp³-hybridized carbons (Fsp3) is 0.294. The predicted octanol–water partition coefficient (Wildman–Crippen LogP) is 3.87. The average molecular weight is 308 g/mol. The van der Waals surface area contributed by atoms with Crippen molar-refractivity contribution in [2.24, 2.45) is 5.73 Å². The molecule has 0 saturated heterocycles. The average Bonchev–Trinajstić information content (AvgIpc) is 2.42. The highest BCUT2D eigenvalue weighted by atomic mass is 35.5. The van der Waals surface area contributed by atoms with Crippen molar-refractivity contribution in [3.63, 3.8) is 0 Å². The van der Waals surface area contributed by atoms with Crippen LogP contribution in [0.5, 0.6) is 0 Å². The molecule has 2 aromatic rings. The second-order valence-corrected chi connectivity index (χ2v) is 5.69. The Labute approximate surface area is 129 Å². The smallest absolute Gasteiger partial charge is 0.128 e. The summed E-state index contributed by atoms with van der Waals surface area (Å²) in [7, 11) is 0. The SMILES string of the molecule is Cc1ccc(C(O)C(CN)c2c(F)cccc2Cl)c(C)c1. The number of halogens is 2. The van der Waals surface area contributed by atoms with Crippen molar-refractivity contribution in [1.29, 1.82) is 0 Å². The van der Waals surface area contributed by atoms with E-state index >= 15 is 0 Å². The molecule has 0 radical (unpaired) electrons. The van der Waals surface area contributed by atoms with Crippen molar-refractivity contribution in [1.82, 2.24) is 0 Å². The van der Waals surface area contributed by atoms with E-state index in [0.717, 1.165) is 16.7 Å². The number of hydrogen-bond acceptors (Lipinski definition) is 2. The van der Waals surface area contributed by atoms with E-state index < -0.39 is 17.8 Å². The lowest BCUT2D eigenvalue weighted by atomic mass is 9.86. The first kappa shape index (κ1) is 16.0. The molecule has 4 heteroatoms. The van der Waals surface area contributed by atoms with Crippen LogP contribution in [0.4, 0.5) is 4.39 Å². The zero-order chi connectivity index (χ0) is 15.6. The van der Waals surface area contributed by atoms with Gasteiger partial charge in [0.15, 0.2) is 0 Å². The molecular formula is C17H19ClFNO. The van der Waals surface area contributed by atoms with Gasteiger partial charge in [0.25, 0.3) is 0 Å². The molecule has 2 rings (SSSR count). The van der Waals surface area contributed by atoms with Crippen LogP contribution in [0.25, 0.3) is 0 Å². The first-order chi connectivity index (χ1) is 9.95. The third-order valence-corrected chi connectivity index (χ3v) is 4.08. The molecule has 0 amide bonds. The van der Waals surface area contributed by atoms with Gasteiger partial charge in [0.05, 0.1) is 6.10 Å². The maximum Gasteiger partial charge on any atom is 0.128 e. The number of aliphatic hydroxyl groups is 1. The molecule has 0 bridgehead atoms. The molecular weight excluding hydrogens is 289 g/mol. The molecule has 21 heavy (non-hydrogen) atoms. The summed E-state index contributed by atoms with van der Waals surface area (Å²) in [6.45, 7) is 4.01. The van der Waals surface area contributed by atoms with Crippen LogP contribution in [0.2, 0.25) is 5.02 Å². The molecule has 2 aromatic carbocycles. The lowest BCUT2D eigenvalue weighted by molar-refractivity contribution is 0.145. The maximum absolute atomic E-state index is 14.1. The zero-order valence-electron chi connectivity index (χ0n) is 12.1. The summed E-state index contributed by atoms with van der Waals surface area (Å²) in [5.41, 5.74) is 8.85. The van der Waals surface area contributed by atoms with Gasteiger partial charge in [-0.05, 0) is 37.1 Å². The highest BCUT2D eigenvalue weighted by molar-refractivity contribution is 6.31. The van der Waals surface area contributed by atoms with E-state index in [0.29, 0.717) is 0 Å². The van der Waals surface area contributed by atoms with Gasteiger partial charge in [-0.25, -0.2) is 4.39 Å². The molecule has 2 nitrogen and oxygen atoms in total. The van der Waals surface area contributed by atoms with Crippen molar-refractivity contribution in [2.75, 3.05) is 6.54 Å². The third kappa shape index (κ3) is 3.26. The Kier molecular flexibility index (Phi) is 4.99. The summed E-state index contributed by atoms with van der Waals surface area (Å²) < 4.78 is 14.1. The van der Waals surface area contributed by atoms with Gasteiger partial charge in [-0.3, -0.25) is 0 Å². The van der Waals surface area contributed by atoms with Crippen LogP contribution in [0.1, 0.15) is 34.3 Å². The molecule has 2 atom stereocenters. The summed E-state index contributed by atoms with van der Waals surface area (Å²) in [4.78, 5) is 0. The van der Waals surface area contributed by atoms with E-state index in [1.807, 2.05) is 32.0 Å². The molecule has 0 fully saturated rings. The molecule has 0 spiro atoms. The number of nitrogens with two attached hydrogens (primary N) is 1. The van der Waals surface area contributed by atoms with Crippen LogP contribution in [0, 0.1) is 19.7 Å². The molecule has 0 heterocycles. The second kappa shape index (κ2) is 6.56. The summed E-state index contributed by atoms with van der Waals surface area (Å²) in [6.07, 6.45) is -0.898. The van der Waals surface area contributed by atoms with E-state index in [1.54, 1.807) is 6.07 Å². The summed E-state index contributed by atoms with van der Waals surface area (Å²) >= 11 is 6.09. The molecule has 0 aliphatic heterocycles. The van der Waals surface area contributed by atoms with Gasteiger partial charge in [-0.2, -0.15) is 0 Å². The third-order valence-electron chi connectivity index (χ3n) is 3.75. The predicted molar refractivity (Wildman–Crippen MR) is 84.1 cm³/mol. The minimum Gasteiger partial charge on any atom is -0.388 e. The van der Waals surface area contributed by atoms with E-state index in [4.69, 9.17) is 17.3 Å². The number of aryl methyl sites for hydroxylation is 2. The number of hydrogen-bond donors (Lipinski definition) is 2. The highest BCUT2D eigenvalue weighted by Crippen LogP contribution is 2.36. The van der Waals surface area contributed by atoms with Gasteiger partial charge < -0.3 is 10.8 Å². The van der Waals surface area contributed by atoms with Gasteiger partial charge in [-0.1, -0.05) is 41.4 Å². The van der Waals surface area contributed by atoms with Crippen LogP contribution < -0.4 is 5.73 Å². The van der Waals surface area contributed by atoms with E-state index in [1.165, 1.54) is 12.1 Å². The van der Waals surface area contributed by atoms with Crippen molar-refractivity contribution in [3.8, 4) is 0 Å². The molecule has 0 aromatic heterocycles. The maximum atomic E-state index is 14.1. The first-order valence-electron chi connectivity index (χ1n) is 6.85. The van der Waals surface area contributed by atoms with Gasteiger partial charge in [0, 0.05) is 23.0 Å². The van der Waals surface area contributed by atoms with Gasteiger partial charge in [0.1, 0.15) is 5.82 Å². The largest absolute Gasteiger partial charge is 0.388 e. The van der Waals surface area contributed by atoms with E-state index in [2.05, 4.69) is 0 Å². The zero-order valence-corrected chi connectivity index (χ0v) is 12.9. The Balaban J connectivity index is 2.46. The number of benzene rings is 2. The standard InChI is InChI=1S/C17H19ClFNO/c1-10-6-7-12(11(2)8-10)17(21)13(9-20)16-14(18)4-3-5-15(16)19/h3-8,13,17,21H,9,20H2,1-2H3. The van der Waals surface area contributed by atoms with Crippen LogP contribution in [0.3, 0.4) is 0 Å². The van der Waals surface area contributed by atoms with Crippen molar-refractivity contribution >= 4 is 11.6 Å².